The average Bonchev–Trinajstić information content (AvgIpc) is 3.33. The normalized spacial score (nSPS) is 11.0. The molecule has 0 saturated carbocycles. The smallest absolute Gasteiger partial charge is 0.363 e. The summed E-state index contributed by atoms with van der Waals surface area (Å²) in [5.41, 5.74) is 0.864. The number of aromatic nitrogens is 6. The first kappa shape index (κ1) is 19.7. The average molecular weight is 478 g/mol. The Balaban J connectivity index is 1.61. The lowest BCUT2D eigenvalue weighted by molar-refractivity contribution is 0.309. The van der Waals surface area contributed by atoms with Crippen LogP contribution in [0.25, 0.3) is 17.2 Å². The number of anilines is 1. The van der Waals surface area contributed by atoms with Crippen molar-refractivity contribution in [1.82, 2.24) is 29.8 Å². The Morgan fingerprint density at radius 3 is 2.80 bits per heavy atom. The van der Waals surface area contributed by atoms with Gasteiger partial charge in [-0.25, -0.2) is 23.1 Å². The van der Waals surface area contributed by atoms with Crippen molar-refractivity contribution in [2.45, 2.75) is 13.5 Å². The van der Waals surface area contributed by atoms with Gasteiger partial charge in [-0.15, -0.1) is 0 Å². The highest BCUT2D eigenvalue weighted by atomic mass is 79.9. The fourth-order valence-electron chi connectivity index (χ4n) is 2.69. The predicted octanol–water partition coefficient (Wildman–Crippen LogP) is 1.75. The summed E-state index contributed by atoms with van der Waals surface area (Å²) in [6.07, 6.45) is 0. The molecule has 1 aromatic carbocycles. The molecule has 0 spiro atoms. The van der Waals surface area contributed by atoms with Crippen LogP contribution in [0.3, 0.4) is 0 Å². The summed E-state index contributed by atoms with van der Waals surface area (Å²) in [5.74, 6) is -1.10. The van der Waals surface area contributed by atoms with Gasteiger partial charge in [0.05, 0.1) is 22.4 Å². The quantitative estimate of drug-likeness (QED) is 0.440. The second-order valence-electron chi connectivity index (χ2n) is 6.13. The van der Waals surface area contributed by atoms with Gasteiger partial charge >= 0.3 is 5.76 Å². The molecular formula is C17H13BrFN7O4. The van der Waals surface area contributed by atoms with Crippen LogP contribution < -0.4 is 16.6 Å². The zero-order chi connectivity index (χ0) is 21.3. The Morgan fingerprint density at radius 1 is 1.17 bits per heavy atom. The van der Waals surface area contributed by atoms with Gasteiger partial charge in [-0.1, -0.05) is 5.16 Å². The van der Waals surface area contributed by atoms with E-state index in [-0.39, 0.29) is 40.5 Å². The van der Waals surface area contributed by atoms with E-state index in [9.17, 15) is 14.0 Å². The standard InChI is InChI=1S/C17H13BrFN7O4/c1-9-2-5-13(27)25(21-9)7-6-20-15-14(22-30-23-15)16-24-29-17(28)26(16)10-3-4-12(19)11(18)8-10/h2-5,8H,6-7H2,1H3,(H,20,23). The van der Waals surface area contributed by atoms with E-state index in [0.29, 0.717) is 11.4 Å². The number of rotatable bonds is 6. The molecule has 0 aliphatic rings. The molecule has 11 nitrogen and oxygen atoms in total. The summed E-state index contributed by atoms with van der Waals surface area (Å²) in [4.78, 5) is 24.0. The van der Waals surface area contributed by atoms with Crippen molar-refractivity contribution < 1.29 is 13.5 Å². The van der Waals surface area contributed by atoms with Crippen LogP contribution in [0.1, 0.15) is 5.69 Å². The summed E-state index contributed by atoms with van der Waals surface area (Å²) in [6, 6.07) is 7.03. The van der Waals surface area contributed by atoms with Crippen LogP contribution in [-0.4, -0.2) is 36.4 Å². The third-order valence-corrected chi connectivity index (χ3v) is 4.69. The van der Waals surface area contributed by atoms with Crippen LogP contribution in [0.2, 0.25) is 0 Å². The third-order valence-electron chi connectivity index (χ3n) is 4.08. The van der Waals surface area contributed by atoms with Gasteiger partial charge in [0.1, 0.15) is 5.82 Å². The van der Waals surface area contributed by atoms with E-state index in [2.05, 4.69) is 41.8 Å². The monoisotopic (exact) mass is 477 g/mol. The van der Waals surface area contributed by atoms with E-state index in [1.807, 2.05) is 0 Å². The number of benzene rings is 1. The molecule has 3 aromatic heterocycles. The largest absolute Gasteiger partial charge is 0.446 e. The van der Waals surface area contributed by atoms with Crippen LogP contribution >= 0.6 is 15.9 Å². The second kappa shape index (κ2) is 8.02. The van der Waals surface area contributed by atoms with Gasteiger partial charge in [-0.2, -0.15) is 5.10 Å². The number of hydrogen-bond donors (Lipinski definition) is 1. The highest BCUT2D eigenvalue weighted by Gasteiger charge is 2.23. The van der Waals surface area contributed by atoms with Crippen molar-refractivity contribution >= 4 is 21.7 Å². The Kier molecular flexibility index (Phi) is 5.27. The van der Waals surface area contributed by atoms with E-state index in [4.69, 9.17) is 9.15 Å². The second-order valence-corrected chi connectivity index (χ2v) is 6.98. The number of halogens is 2. The molecular weight excluding hydrogens is 465 g/mol. The fraction of sp³-hybridized carbons (Fsp3) is 0.176. The fourth-order valence-corrected chi connectivity index (χ4v) is 3.06. The molecule has 0 atom stereocenters. The van der Waals surface area contributed by atoms with Crippen molar-refractivity contribution in [1.29, 1.82) is 0 Å². The molecule has 0 unspecified atom stereocenters. The summed E-state index contributed by atoms with van der Waals surface area (Å²) in [5, 5.41) is 18.4. The molecule has 0 radical (unpaired) electrons. The molecule has 0 fully saturated rings. The summed E-state index contributed by atoms with van der Waals surface area (Å²) >= 11 is 3.08. The highest BCUT2D eigenvalue weighted by Crippen LogP contribution is 2.26. The lowest BCUT2D eigenvalue weighted by atomic mass is 10.3. The van der Waals surface area contributed by atoms with Crippen LogP contribution in [0, 0.1) is 12.7 Å². The molecule has 3 heterocycles. The van der Waals surface area contributed by atoms with Crippen LogP contribution in [-0.2, 0) is 6.54 Å². The molecule has 1 N–H and O–H groups in total. The van der Waals surface area contributed by atoms with Crippen molar-refractivity contribution in [2.75, 3.05) is 11.9 Å². The molecule has 0 aliphatic heterocycles. The minimum atomic E-state index is -0.798. The van der Waals surface area contributed by atoms with Crippen molar-refractivity contribution in [3.05, 3.63) is 67.2 Å². The molecule has 4 rings (SSSR count). The molecule has 0 saturated heterocycles. The van der Waals surface area contributed by atoms with E-state index in [1.54, 1.807) is 13.0 Å². The summed E-state index contributed by atoms with van der Waals surface area (Å²) in [6.45, 7) is 2.30. The van der Waals surface area contributed by atoms with Gasteiger partial charge in [0.15, 0.2) is 5.69 Å². The van der Waals surface area contributed by atoms with E-state index in [0.717, 1.165) is 4.57 Å². The number of nitrogens with one attached hydrogen (secondary N) is 1. The van der Waals surface area contributed by atoms with Gasteiger partial charge < -0.3 is 5.32 Å². The number of aryl methyl sites for hydroxylation is 1. The van der Waals surface area contributed by atoms with E-state index < -0.39 is 11.6 Å². The maximum Gasteiger partial charge on any atom is 0.446 e. The van der Waals surface area contributed by atoms with Gasteiger partial charge in [0, 0.05) is 12.6 Å². The van der Waals surface area contributed by atoms with Crippen LogP contribution in [0.15, 0.2) is 53.5 Å². The molecule has 154 valence electrons. The minimum absolute atomic E-state index is 0.00751. The molecule has 0 aliphatic carbocycles. The number of nitrogens with zero attached hydrogens (tertiary/aromatic N) is 6. The summed E-state index contributed by atoms with van der Waals surface area (Å²) < 4.78 is 25.7. The lowest BCUT2D eigenvalue weighted by Gasteiger charge is -2.07. The molecule has 4 aromatic rings. The first-order valence-corrected chi connectivity index (χ1v) is 9.39. The van der Waals surface area contributed by atoms with Crippen molar-refractivity contribution in [3.63, 3.8) is 0 Å². The molecule has 13 heteroatoms. The van der Waals surface area contributed by atoms with Gasteiger partial charge in [-0.05, 0) is 57.4 Å². The maximum atomic E-state index is 13.6. The Labute approximate surface area is 175 Å². The topological polar surface area (TPSA) is 134 Å². The lowest BCUT2D eigenvalue weighted by Crippen LogP contribution is -2.26. The number of hydrogen-bond acceptors (Lipinski definition) is 9. The zero-order valence-electron chi connectivity index (χ0n) is 15.4. The van der Waals surface area contributed by atoms with Crippen molar-refractivity contribution in [2.24, 2.45) is 0 Å². The molecule has 0 bridgehead atoms. The van der Waals surface area contributed by atoms with Crippen LogP contribution in [0.4, 0.5) is 10.2 Å². The Bertz CT molecular complexity index is 1330. The summed E-state index contributed by atoms with van der Waals surface area (Å²) in [7, 11) is 0. The third kappa shape index (κ3) is 3.78. The molecule has 30 heavy (non-hydrogen) atoms. The highest BCUT2D eigenvalue weighted by molar-refractivity contribution is 9.10. The van der Waals surface area contributed by atoms with Crippen molar-refractivity contribution in [3.8, 4) is 17.2 Å². The van der Waals surface area contributed by atoms with Gasteiger partial charge in [0.25, 0.3) is 5.56 Å². The maximum absolute atomic E-state index is 13.6. The first-order valence-electron chi connectivity index (χ1n) is 8.60. The van der Waals surface area contributed by atoms with E-state index in [1.165, 1.54) is 28.9 Å². The first-order chi connectivity index (χ1) is 14.4. The SMILES string of the molecule is Cc1ccc(=O)n(CCNc2nonc2-c2noc(=O)n2-c2ccc(F)c(Br)c2)n1. The van der Waals surface area contributed by atoms with Gasteiger partial charge in [-0.3, -0.25) is 9.32 Å². The van der Waals surface area contributed by atoms with E-state index >= 15 is 0 Å². The minimum Gasteiger partial charge on any atom is -0.363 e. The molecule has 0 amide bonds. The zero-order valence-corrected chi connectivity index (χ0v) is 17.0. The van der Waals surface area contributed by atoms with Gasteiger partial charge in [0.2, 0.25) is 11.6 Å². The Hall–Kier alpha value is -3.61. The Morgan fingerprint density at radius 2 is 2.00 bits per heavy atom. The van der Waals surface area contributed by atoms with Crippen LogP contribution in [0.5, 0.6) is 0 Å². The predicted molar refractivity (Wildman–Crippen MR) is 105 cm³/mol.